The van der Waals surface area contributed by atoms with E-state index in [-0.39, 0.29) is 11.7 Å². The molecule has 0 saturated carbocycles. The minimum absolute atomic E-state index is 0.0140. The standard InChI is InChI=1S/C11H12F2O2S/c1-2-7(6-11(14)15)16-8-3-4-9(12)10(13)5-8/h3-5,7H,2,6H2,1H3,(H,14,15). The molecule has 0 radical (unpaired) electrons. The van der Waals surface area contributed by atoms with Gasteiger partial charge in [0.15, 0.2) is 11.6 Å². The second-order valence-corrected chi connectivity index (χ2v) is 4.70. The maximum Gasteiger partial charge on any atom is 0.304 e. The summed E-state index contributed by atoms with van der Waals surface area (Å²) in [7, 11) is 0. The molecule has 0 spiro atoms. The Hall–Kier alpha value is -1.10. The first-order valence-corrected chi connectivity index (χ1v) is 5.74. The Bertz CT molecular complexity index is 382. The molecule has 16 heavy (non-hydrogen) atoms. The van der Waals surface area contributed by atoms with Crippen LogP contribution in [0.4, 0.5) is 8.78 Å². The molecule has 0 saturated heterocycles. The summed E-state index contributed by atoms with van der Waals surface area (Å²) < 4.78 is 25.5. The van der Waals surface area contributed by atoms with Gasteiger partial charge in [-0.25, -0.2) is 8.78 Å². The van der Waals surface area contributed by atoms with Crippen LogP contribution in [-0.4, -0.2) is 16.3 Å². The van der Waals surface area contributed by atoms with Crippen LogP contribution in [0.25, 0.3) is 0 Å². The molecule has 0 amide bonds. The average Bonchev–Trinajstić information content (AvgIpc) is 2.22. The van der Waals surface area contributed by atoms with Crippen LogP contribution in [0.5, 0.6) is 0 Å². The highest BCUT2D eigenvalue weighted by atomic mass is 32.2. The second kappa shape index (κ2) is 5.84. The van der Waals surface area contributed by atoms with Gasteiger partial charge in [0, 0.05) is 10.1 Å². The van der Waals surface area contributed by atoms with Crippen LogP contribution in [0.15, 0.2) is 23.1 Å². The van der Waals surface area contributed by atoms with Gasteiger partial charge in [-0.3, -0.25) is 4.79 Å². The van der Waals surface area contributed by atoms with Gasteiger partial charge in [0.1, 0.15) is 0 Å². The number of hydrogen-bond acceptors (Lipinski definition) is 2. The van der Waals surface area contributed by atoms with Crippen LogP contribution >= 0.6 is 11.8 Å². The van der Waals surface area contributed by atoms with Crippen molar-refractivity contribution in [1.29, 1.82) is 0 Å². The molecule has 0 fully saturated rings. The number of carboxylic acid groups (broad SMARTS) is 1. The minimum Gasteiger partial charge on any atom is -0.481 e. The van der Waals surface area contributed by atoms with E-state index >= 15 is 0 Å². The van der Waals surface area contributed by atoms with Gasteiger partial charge in [-0.1, -0.05) is 6.92 Å². The van der Waals surface area contributed by atoms with Crippen molar-refractivity contribution in [1.82, 2.24) is 0 Å². The smallest absolute Gasteiger partial charge is 0.304 e. The predicted molar refractivity (Wildman–Crippen MR) is 58.5 cm³/mol. The third-order valence-electron chi connectivity index (χ3n) is 2.05. The molecular weight excluding hydrogens is 234 g/mol. The summed E-state index contributed by atoms with van der Waals surface area (Å²) in [6, 6.07) is 3.59. The van der Waals surface area contributed by atoms with Crippen molar-refractivity contribution in [3.63, 3.8) is 0 Å². The van der Waals surface area contributed by atoms with Gasteiger partial charge < -0.3 is 5.11 Å². The van der Waals surface area contributed by atoms with Gasteiger partial charge in [0.25, 0.3) is 0 Å². The lowest BCUT2D eigenvalue weighted by atomic mass is 10.2. The van der Waals surface area contributed by atoms with E-state index in [0.29, 0.717) is 11.3 Å². The zero-order chi connectivity index (χ0) is 12.1. The fourth-order valence-electron chi connectivity index (χ4n) is 1.21. The van der Waals surface area contributed by atoms with Gasteiger partial charge in [-0.05, 0) is 24.6 Å². The zero-order valence-electron chi connectivity index (χ0n) is 8.74. The van der Waals surface area contributed by atoms with Gasteiger partial charge in [-0.15, -0.1) is 11.8 Å². The summed E-state index contributed by atoms with van der Waals surface area (Å²) in [5, 5.41) is 8.52. The highest BCUT2D eigenvalue weighted by molar-refractivity contribution is 8.00. The van der Waals surface area contributed by atoms with Crippen LogP contribution in [-0.2, 0) is 4.79 Å². The number of hydrogen-bond donors (Lipinski definition) is 1. The number of carbonyl (C=O) groups is 1. The number of aliphatic carboxylic acids is 1. The summed E-state index contributed by atoms with van der Waals surface area (Å²) in [6.45, 7) is 1.86. The third-order valence-corrected chi connectivity index (χ3v) is 3.41. The molecule has 1 unspecified atom stereocenters. The monoisotopic (exact) mass is 246 g/mol. The normalized spacial score (nSPS) is 12.4. The summed E-state index contributed by atoms with van der Waals surface area (Å²) >= 11 is 1.25. The lowest BCUT2D eigenvalue weighted by Gasteiger charge is -2.11. The molecule has 0 heterocycles. The van der Waals surface area contributed by atoms with E-state index in [1.807, 2.05) is 6.92 Å². The quantitative estimate of drug-likeness (QED) is 0.810. The van der Waals surface area contributed by atoms with Crippen molar-refractivity contribution in [3.05, 3.63) is 29.8 Å². The first-order valence-electron chi connectivity index (χ1n) is 4.86. The molecule has 1 aromatic rings. The van der Waals surface area contributed by atoms with E-state index in [1.54, 1.807) is 0 Å². The molecule has 0 aliphatic rings. The lowest BCUT2D eigenvalue weighted by molar-refractivity contribution is -0.136. The Morgan fingerprint density at radius 1 is 1.44 bits per heavy atom. The number of benzene rings is 1. The van der Waals surface area contributed by atoms with Gasteiger partial charge >= 0.3 is 5.97 Å². The van der Waals surface area contributed by atoms with Gasteiger partial charge in [0.2, 0.25) is 0 Å². The number of halogens is 2. The van der Waals surface area contributed by atoms with E-state index in [2.05, 4.69) is 0 Å². The van der Waals surface area contributed by atoms with Gasteiger partial charge in [-0.2, -0.15) is 0 Å². The molecule has 5 heteroatoms. The molecule has 0 aromatic heterocycles. The van der Waals surface area contributed by atoms with E-state index < -0.39 is 17.6 Å². The topological polar surface area (TPSA) is 37.3 Å². The predicted octanol–water partition coefficient (Wildman–Crippen LogP) is 3.31. The first-order chi connectivity index (χ1) is 7.52. The van der Waals surface area contributed by atoms with Crippen LogP contribution < -0.4 is 0 Å². The summed E-state index contributed by atoms with van der Waals surface area (Å²) in [4.78, 5) is 11.1. The Kier molecular flexibility index (Phi) is 4.73. The Morgan fingerprint density at radius 3 is 2.62 bits per heavy atom. The molecular formula is C11H12F2O2S. The SMILES string of the molecule is CCC(CC(=O)O)Sc1ccc(F)c(F)c1. The van der Waals surface area contributed by atoms with E-state index in [4.69, 9.17) is 5.11 Å². The fourth-order valence-corrected chi connectivity index (χ4v) is 2.30. The van der Waals surface area contributed by atoms with Crippen molar-refractivity contribution in [3.8, 4) is 0 Å². The molecule has 0 bridgehead atoms. The maximum atomic E-state index is 12.9. The van der Waals surface area contributed by atoms with Crippen molar-refractivity contribution < 1.29 is 18.7 Å². The highest BCUT2D eigenvalue weighted by Gasteiger charge is 2.13. The second-order valence-electron chi connectivity index (χ2n) is 3.32. The van der Waals surface area contributed by atoms with Crippen molar-refractivity contribution in [2.75, 3.05) is 0 Å². The molecule has 2 nitrogen and oxygen atoms in total. The molecule has 1 rings (SSSR count). The first kappa shape index (κ1) is 13.0. The van der Waals surface area contributed by atoms with Crippen LogP contribution in [0.2, 0.25) is 0 Å². The fraction of sp³-hybridized carbons (Fsp3) is 0.364. The Morgan fingerprint density at radius 2 is 2.12 bits per heavy atom. The van der Waals surface area contributed by atoms with E-state index in [0.717, 1.165) is 12.1 Å². The lowest BCUT2D eigenvalue weighted by Crippen LogP contribution is -2.08. The summed E-state index contributed by atoms with van der Waals surface area (Å²) in [5.74, 6) is -2.69. The average molecular weight is 246 g/mol. The number of carboxylic acids is 1. The highest BCUT2D eigenvalue weighted by Crippen LogP contribution is 2.28. The van der Waals surface area contributed by atoms with Crippen molar-refractivity contribution in [2.24, 2.45) is 0 Å². The maximum absolute atomic E-state index is 12.9. The van der Waals surface area contributed by atoms with Crippen molar-refractivity contribution in [2.45, 2.75) is 29.9 Å². The van der Waals surface area contributed by atoms with Crippen LogP contribution in [0.3, 0.4) is 0 Å². The Balaban J connectivity index is 2.70. The third kappa shape index (κ3) is 3.81. The minimum atomic E-state index is -0.907. The Labute approximate surface area is 96.7 Å². The van der Waals surface area contributed by atoms with E-state index in [9.17, 15) is 13.6 Å². The molecule has 0 aliphatic heterocycles. The molecule has 88 valence electrons. The van der Waals surface area contributed by atoms with Crippen LogP contribution in [0.1, 0.15) is 19.8 Å². The summed E-state index contributed by atoms with van der Waals surface area (Å²) in [6.07, 6.45) is 0.677. The molecule has 0 aliphatic carbocycles. The van der Waals surface area contributed by atoms with E-state index in [1.165, 1.54) is 17.8 Å². The van der Waals surface area contributed by atoms with Gasteiger partial charge in [0.05, 0.1) is 6.42 Å². The molecule has 1 N–H and O–H groups in total. The van der Waals surface area contributed by atoms with Crippen molar-refractivity contribution >= 4 is 17.7 Å². The molecule has 1 aromatic carbocycles. The van der Waals surface area contributed by atoms with Crippen LogP contribution in [0, 0.1) is 11.6 Å². The summed E-state index contributed by atoms with van der Waals surface area (Å²) in [5.41, 5.74) is 0. The largest absolute Gasteiger partial charge is 0.481 e. The number of rotatable bonds is 5. The number of thioether (sulfide) groups is 1. The molecule has 1 atom stereocenters. The zero-order valence-corrected chi connectivity index (χ0v) is 9.56.